The van der Waals surface area contributed by atoms with E-state index in [0.717, 1.165) is 44.5 Å². The lowest BCUT2D eigenvalue weighted by Crippen LogP contribution is -2.47. The summed E-state index contributed by atoms with van der Waals surface area (Å²) in [5.41, 5.74) is 1.87. The number of carbonyl (C=O) groups excluding carboxylic acids is 2. The van der Waals surface area contributed by atoms with Crippen LogP contribution in [0.1, 0.15) is 42.2 Å². The van der Waals surface area contributed by atoms with E-state index in [1.807, 2.05) is 30.3 Å². The smallest absolute Gasteiger partial charge is 0.227 e. The molecule has 5 rings (SSSR count). The van der Waals surface area contributed by atoms with E-state index in [0.29, 0.717) is 19.0 Å². The zero-order chi connectivity index (χ0) is 22.1. The summed E-state index contributed by atoms with van der Waals surface area (Å²) in [4.78, 5) is 27.6. The SMILES string of the molecule is O=C(NCCN1CCC2(CC1)C(=O)NCC2c1ccc(F)cc1)C1C[C@H]1c1ccccc1. The highest BCUT2D eigenvalue weighted by molar-refractivity contribution is 5.86. The molecule has 6 heteroatoms. The van der Waals surface area contributed by atoms with Crippen molar-refractivity contribution in [3.8, 4) is 0 Å². The first kappa shape index (κ1) is 21.1. The maximum absolute atomic E-state index is 13.4. The van der Waals surface area contributed by atoms with Crippen molar-refractivity contribution in [1.82, 2.24) is 15.5 Å². The Kier molecular flexibility index (Phi) is 5.72. The molecule has 2 N–H and O–H groups in total. The second kappa shape index (κ2) is 8.66. The molecule has 5 nitrogen and oxygen atoms in total. The topological polar surface area (TPSA) is 61.4 Å². The Hall–Kier alpha value is -2.73. The van der Waals surface area contributed by atoms with Crippen LogP contribution >= 0.6 is 0 Å². The quantitative estimate of drug-likeness (QED) is 0.733. The lowest BCUT2D eigenvalue weighted by molar-refractivity contribution is -0.130. The highest BCUT2D eigenvalue weighted by atomic mass is 19.1. The first-order valence-electron chi connectivity index (χ1n) is 11.7. The number of carbonyl (C=O) groups is 2. The number of piperidine rings is 1. The average Bonchev–Trinajstić information content (AvgIpc) is 3.57. The Morgan fingerprint density at radius 2 is 1.78 bits per heavy atom. The van der Waals surface area contributed by atoms with Crippen molar-refractivity contribution in [2.45, 2.75) is 31.1 Å². The van der Waals surface area contributed by atoms with Gasteiger partial charge in [0.15, 0.2) is 0 Å². The first-order valence-corrected chi connectivity index (χ1v) is 11.7. The molecule has 32 heavy (non-hydrogen) atoms. The molecule has 0 aromatic heterocycles. The fraction of sp³-hybridized carbons (Fsp3) is 0.462. The fourth-order valence-electron chi connectivity index (χ4n) is 5.63. The predicted molar refractivity (Wildman–Crippen MR) is 121 cm³/mol. The van der Waals surface area contributed by atoms with E-state index in [1.54, 1.807) is 0 Å². The standard InChI is InChI=1S/C26H30FN3O2/c27-20-8-6-19(7-9-20)23-17-29-25(32)26(23)10-13-30(14-11-26)15-12-28-24(31)22-16-21(22)18-4-2-1-3-5-18/h1-9,21-23H,10-17H2,(H,28,31)(H,29,32)/t21-,22?,23?/m0/s1. The number of hydrogen-bond donors (Lipinski definition) is 2. The number of nitrogens with zero attached hydrogens (tertiary/aromatic N) is 1. The molecule has 2 aromatic rings. The van der Waals surface area contributed by atoms with E-state index in [9.17, 15) is 14.0 Å². The van der Waals surface area contributed by atoms with Crippen molar-refractivity contribution in [2.75, 3.05) is 32.7 Å². The molecular weight excluding hydrogens is 405 g/mol. The molecule has 2 amide bonds. The largest absolute Gasteiger partial charge is 0.355 e. The van der Waals surface area contributed by atoms with Crippen LogP contribution < -0.4 is 10.6 Å². The van der Waals surface area contributed by atoms with E-state index >= 15 is 0 Å². The predicted octanol–water partition coefficient (Wildman–Crippen LogP) is 3.04. The van der Waals surface area contributed by atoms with Gasteiger partial charge in [0, 0.05) is 31.5 Å². The molecule has 168 valence electrons. The summed E-state index contributed by atoms with van der Waals surface area (Å²) in [7, 11) is 0. The second-order valence-corrected chi connectivity index (χ2v) is 9.46. The van der Waals surface area contributed by atoms with Crippen LogP contribution in [-0.2, 0) is 9.59 Å². The van der Waals surface area contributed by atoms with Crippen molar-refractivity contribution in [3.63, 3.8) is 0 Å². The van der Waals surface area contributed by atoms with Gasteiger partial charge in [-0.1, -0.05) is 42.5 Å². The van der Waals surface area contributed by atoms with Crippen LogP contribution in [0.3, 0.4) is 0 Å². The Morgan fingerprint density at radius 1 is 1.06 bits per heavy atom. The normalized spacial score (nSPS) is 26.7. The van der Waals surface area contributed by atoms with Gasteiger partial charge in [-0.15, -0.1) is 0 Å². The van der Waals surface area contributed by atoms with Crippen molar-refractivity contribution in [2.24, 2.45) is 11.3 Å². The van der Waals surface area contributed by atoms with Gasteiger partial charge >= 0.3 is 0 Å². The Labute approximate surface area is 188 Å². The molecule has 2 aliphatic heterocycles. The molecule has 3 atom stereocenters. The third-order valence-electron chi connectivity index (χ3n) is 7.69. The third kappa shape index (κ3) is 4.04. The van der Waals surface area contributed by atoms with Crippen molar-refractivity contribution < 1.29 is 14.0 Å². The Balaban J connectivity index is 1.10. The number of halogens is 1. The van der Waals surface area contributed by atoms with Crippen LogP contribution in [0.25, 0.3) is 0 Å². The van der Waals surface area contributed by atoms with Crippen LogP contribution in [0, 0.1) is 17.2 Å². The molecular formula is C26H30FN3O2. The summed E-state index contributed by atoms with van der Waals surface area (Å²) in [6.45, 7) is 3.71. The van der Waals surface area contributed by atoms with Gasteiger partial charge in [-0.2, -0.15) is 0 Å². The van der Waals surface area contributed by atoms with Crippen molar-refractivity contribution >= 4 is 11.8 Å². The molecule has 0 radical (unpaired) electrons. The first-order chi connectivity index (χ1) is 15.6. The molecule has 2 unspecified atom stereocenters. The number of benzene rings is 2. The minimum absolute atomic E-state index is 0.0854. The maximum atomic E-state index is 13.4. The Morgan fingerprint density at radius 3 is 2.50 bits per heavy atom. The molecule has 0 bridgehead atoms. The van der Waals surface area contributed by atoms with E-state index in [1.165, 1.54) is 17.7 Å². The van der Waals surface area contributed by atoms with Gasteiger partial charge in [-0.3, -0.25) is 9.59 Å². The van der Waals surface area contributed by atoms with Gasteiger partial charge in [-0.25, -0.2) is 4.39 Å². The zero-order valence-corrected chi connectivity index (χ0v) is 18.2. The molecule has 2 saturated heterocycles. The second-order valence-electron chi connectivity index (χ2n) is 9.46. The summed E-state index contributed by atoms with van der Waals surface area (Å²) in [5, 5.41) is 6.15. The highest BCUT2D eigenvalue weighted by Crippen LogP contribution is 2.48. The highest BCUT2D eigenvalue weighted by Gasteiger charge is 2.52. The maximum Gasteiger partial charge on any atom is 0.227 e. The van der Waals surface area contributed by atoms with Crippen LogP contribution in [0.5, 0.6) is 0 Å². The Bertz CT molecular complexity index is 970. The van der Waals surface area contributed by atoms with E-state index in [4.69, 9.17) is 0 Å². The summed E-state index contributed by atoms with van der Waals surface area (Å²) in [5.74, 6) is 0.566. The van der Waals surface area contributed by atoms with Crippen LogP contribution in [0.4, 0.5) is 4.39 Å². The van der Waals surface area contributed by atoms with Crippen LogP contribution in [-0.4, -0.2) is 49.4 Å². The van der Waals surface area contributed by atoms with Crippen molar-refractivity contribution in [1.29, 1.82) is 0 Å². The zero-order valence-electron chi connectivity index (χ0n) is 18.2. The molecule has 3 aliphatic rings. The van der Waals surface area contributed by atoms with E-state index in [-0.39, 0.29) is 29.5 Å². The minimum atomic E-state index is -0.408. The molecule has 2 heterocycles. The van der Waals surface area contributed by atoms with Crippen LogP contribution in [0.15, 0.2) is 54.6 Å². The van der Waals surface area contributed by atoms with Gasteiger partial charge < -0.3 is 15.5 Å². The third-order valence-corrected chi connectivity index (χ3v) is 7.69. The average molecular weight is 436 g/mol. The van der Waals surface area contributed by atoms with E-state index in [2.05, 4.69) is 27.7 Å². The van der Waals surface area contributed by atoms with Crippen molar-refractivity contribution in [3.05, 3.63) is 71.5 Å². The summed E-state index contributed by atoms with van der Waals surface area (Å²) in [6, 6.07) is 16.8. The van der Waals surface area contributed by atoms with Gasteiger partial charge in [0.2, 0.25) is 11.8 Å². The molecule has 1 spiro atoms. The number of rotatable bonds is 6. The van der Waals surface area contributed by atoms with Gasteiger partial charge in [-0.05, 0) is 61.5 Å². The van der Waals surface area contributed by atoms with Gasteiger partial charge in [0.1, 0.15) is 5.82 Å². The van der Waals surface area contributed by atoms with E-state index < -0.39 is 5.41 Å². The molecule has 1 aliphatic carbocycles. The monoisotopic (exact) mass is 435 g/mol. The molecule has 2 aromatic carbocycles. The number of amides is 2. The summed E-state index contributed by atoms with van der Waals surface area (Å²) < 4.78 is 13.4. The van der Waals surface area contributed by atoms with Gasteiger partial charge in [0.05, 0.1) is 5.41 Å². The number of likely N-dealkylation sites (tertiary alicyclic amines) is 1. The number of nitrogens with one attached hydrogen (secondary N) is 2. The van der Waals surface area contributed by atoms with Gasteiger partial charge in [0.25, 0.3) is 0 Å². The lowest BCUT2D eigenvalue weighted by Gasteiger charge is -2.41. The molecule has 3 fully saturated rings. The fourth-order valence-corrected chi connectivity index (χ4v) is 5.63. The number of hydrogen-bond acceptors (Lipinski definition) is 3. The minimum Gasteiger partial charge on any atom is -0.355 e. The summed E-state index contributed by atoms with van der Waals surface area (Å²) >= 11 is 0. The molecule has 1 saturated carbocycles. The lowest BCUT2D eigenvalue weighted by atomic mass is 9.68. The summed E-state index contributed by atoms with van der Waals surface area (Å²) in [6.07, 6.45) is 2.50. The van der Waals surface area contributed by atoms with Crippen LogP contribution in [0.2, 0.25) is 0 Å².